The fraction of sp³-hybridized carbons (Fsp3) is 0.360. The number of hydrogen-bond acceptors (Lipinski definition) is 8. The zero-order chi connectivity index (χ0) is 24.8. The van der Waals surface area contributed by atoms with E-state index in [1.165, 1.54) is 0 Å². The van der Waals surface area contributed by atoms with E-state index in [-0.39, 0.29) is 36.7 Å². The Bertz CT molecular complexity index is 1120. The van der Waals surface area contributed by atoms with Gasteiger partial charge in [-0.15, -0.1) is 12.4 Å². The van der Waals surface area contributed by atoms with Crippen molar-refractivity contribution in [3.8, 4) is 45.4 Å². The molecule has 0 bridgehead atoms. The van der Waals surface area contributed by atoms with Crippen LogP contribution in [-0.4, -0.2) is 45.5 Å². The maximum Gasteiger partial charge on any atom is 0.226 e. The number of nitrogens with one attached hydrogen (secondary N) is 1. The lowest BCUT2D eigenvalue weighted by Crippen LogP contribution is -2.31. The van der Waals surface area contributed by atoms with Crippen LogP contribution in [0.2, 0.25) is 0 Å². The monoisotopic (exact) mass is 505 g/mol. The largest absolute Gasteiger partial charge is 0.495 e. The first-order valence-electron chi connectivity index (χ1n) is 10.8. The number of anilines is 1. The van der Waals surface area contributed by atoms with Crippen molar-refractivity contribution >= 4 is 24.0 Å². The third-order valence-corrected chi connectivity index (χ3v) is 5.57. The molecule has 1 amide bonds. The minimum atomic E-state index is -0.237. The van der Waals surface area contributed by atoms with E-state index in [2.05, 4.69) is 10.5 Å². The summed E-state index contributed by atoms with van der Waals surface area (Å²) in [5.74, 6) is 2.00. The second-order valence-corrected chi connectivity index (χ2v) is 8.07. The molecule has 3 rings (SSSR count). The highest BCUT2D eigenvalue weighted by Gasteiger charge is 2.20. The van der Waals surface area contributed by atoms with Gasteiger partial charge >= 0.3 is 0 Å². The number of aromatic nitrogens is 1. The summed E-state index contributed by atoms with van der Waals surface area (Å²) < 4.78 is 27.1. The third kappa shape index (κ3) is 6.17. The molecule has 3 N–H and O–H groups in total. The minimum Gasteiger partial charge on any atom is -0.495 e. The zero-order valence-electron chi connectivity index (χ0n) is 20.7. The Morgan fingerprint density at radius 3 is 2.14 bits per heavy atom. The van der Waals surface area contributed by atoms with E-state index >= 15 is 0 Å². The van der Waals surface area contributed by atoms with E-state index < -0.39 is 0 Å². The Hall–Kier alpha value is -3.43. The van der Waals surface area contributed by atoms with Crippen LogP contribution >= 0.6 is 12.4 Å². The number of methoxy groups -OCH3 is 4. The molecule has 1 heterocycles. The highest BCUT2D eigenvalue weighted by atomic mass is 35.5. The number of amides is 1. The number of nitrogens with two attached hydrogens (primary N) is 1. The van der Waals surface area contributed by atoms with Crippen molar-refractivity contribution in [2.45, 2.75) is 26.3 Å². The molecular weight excluding hydrogens is 474 g/mol. The highest BCUT2D eigenvalue weighted by molar-refractivity contribution is 5.94. The topological polar surface area (TPSA) is 118 Å². The van der Waals surface area contributed by atoms with E-state index in [9.17, 15) is 4.79 Å². The van der Waals surface area contributed by atoms with Gasteiger partial charge in [0.15, 0.2) is 11.5 Å². The standard InChI is InChI=1S/C25H31N3O6.ClH/c1-14(2)18(26)12-23(29)27-19-9-15(7-8-20(19)30-3)17-13-34-28-24(17)16-10-21(31-4)25(33-6)22(11-16)32-5;/h7-11,13-14,18H,12,26H2,1-6H3,(H,27,29);1H. The van der Waals surface area contributed by atoms with Crippen molar-refractivity contribution in [2.75, 3.05) is 33.8 Å². The van der Waals surface area contributed by atoms with Crippen molar-refractivity contribution < 1.29 is 28.3 Å². The smallest absolute Gasteiger partial charge is 0.226 e. The van der Waals surface area contributed by atoms with Gasteiger partial charge in [0.05, 0.1) is 34.1 Å². The fourth-order valence-corrected chi connectivity index (χ4v) is 3.49. The van der Waals surface area contributed by atoms with E-state index in [4.69, 9.17) is 29.2 Å². The molecule has 10 heteroatoms. The van der Waals surface area contributed by atoms with E-state index in [0.29, 0.717) is 45.5 Å². The van der Waals surface area contributed by atoms with Crippen LogP contribution in [0.3, 0.4) is 0 Å². The molecule has 35 heavy (non-hydrogen) atoms. The number of halogens is 1. The van der Waals surface area contributed by atoms with Gasteiger partial charge in [-0.3, -0.25) is 4.79 Å². The Kier molecular flexibility index (Phi) is 9.79. The summed E-state index contributed by atoms with van der Waals surface area (Å²) in [6, 6.07) is 8.80. The summed E-state index contributed by atoms with van der Waals surface area (Å²) in [6.07, 6.45) is 1.75. The second-order valence-electron chi connectivity index (χ2n) is 8.07. The summed E-state index contributed by atoms with van der Waals surface area (Å²) in [5, 5.41) is 7.11. The molecule has 1 atom stereocenters. The quantitative estimate of drug-likeness (QED) is 0.404. The average molecular weight is 506 g/mol. The minimum absolute atomic E-state index is 0. The molecule has 1 unspecified atom stereocenters. The van der Waals surface area contributed by atoms with E-state index in [0.717, 1.165) is 5.56 Å². The number of ether oxygens (including phenoxy) is 4. The number of rotatable bonds is 10. The Morgan fingerprint density at radius 1 is 0.971 bits per heavy atom. The van der Waals surface area contributed by atoms with Gasteiger partial charge in [0, 0.05) is 23.6 Å². The maximum atomic E-state index is 12.6. The van der Waals surface area contributed by atoms with Crippen molar-refractivity contribution in [1.82, 2.24) is 5.16 Å². The number of benzene rings is 2. The molecule has 1 aromatic heterocycles. The molecule has 0 aliphatic rings. The van der Waals surface area contributed by atoms with Gasteiger partial charge < -0.3 is 34.5 Å². The zero-order valence-corrected chi connectivity index (χ0v) is 21.5. The normalized spacial score (nSPS) is 11.4. The Balaban J connectivity index is 0.00000432. The molecule has 0 radical (unpaired) electrons. The predicted molar refractivity (Wildman–Crippen MR) is 137 cm³/mol. The van der Waals surface area contributed by atoms with Crippen LogP contribution in [0, 0.1) is 5.92 Å². The van der Waals surface area contributed by atoms with Gasteiger partial charge in [-0.1, -0.05) is 25.1 Å². The van der Waals surface area contributed by atoms with E-state index in [1.807, 2.05) is 26.0 Å². The number of nitrogens with zero attached hydrogens (tertiary/aromatic N) is 1. The first-order valence-corrected chi connectivity index (χ1v) is 10.8. The molecule has 3 aromatic rings. The lowest BCUT2D eigenvalue weighted by molar-refractivity contribution is -0.116. The first kappa shape index (κ1) is 27.8. The molecule has 0 saturated heterocycles. The van der Waals surface area contributed by atoms with Gasteiger partial charge in [0.1, 0.15) is 17.7 Å². The molecule has 190 valence electrons. The molecule has 0 fully saturated rings. The van der Waals surface area contributed by atoms with Crippen molar-refractivity contribution in [3.05, 3.63) is 36.6 Å². The van der Waals surface area contributed by atoms with Crippen LogP contribution in [0.4, 0.5) is 5.69 Å². The summed E-state index contributed by atoms with van der Waals surface area (Å²) in [4.78, 5) is 12.6. The lowest BCUT2D eigenvalue weighted by atomic mass is 10.00. The summed E-state index contributed by atoms with van der Waals surface area (Å²) in [6.45, 7) is 3.96. The van der Waals surface area contributed by atoms with Crippen molar-refractivity contribution in [2.24, 2.45) is 11.7 Å². The summed E-state index contributed by atoms with van der Waals surface area (Å²) >= 11 is 0. The molecular formula is C25H32ClN3O6. The number of carbonyl (C=O) groups excluding carboxylic acids is 1. The highest BCUT2D eigenvalue weighted by Crippen LogP contribution is 2.43. The fourth-order valence-electron chi connectivity index (χ4n) is 3.49. The van der Waals surface area contributed by atoms with Crippen LogP contribution in [0.1, 0.15) is 20.3 Å². The SMILES string of the molecule is COc1ccc(-c2conc2-c2cc(OC)c(OC)c(OC)c2)cc1NC(=O)CC(N)C(C)C.Cl. The van der Waals surface area contributed by atoms with Gasteiger partial charge in [0.2, 0.25) is 11.7 Å². The summed E-state index contributed by atoms with van der Waals surface area (Å²) in [7, 11) is 6.19. The molecule has 2 aromatic carbocycles. The molecule has 0 spiro atoms. The van der Waals surface area contributed by atoms with Crippen LogP contribution in [0.15, 0.2) is 41.1 Å². The molecule has 0 saturated carbocycles. The molecule has 0 aliphatic heterocycles. The number of hydrogen-bond donors (Lipinski definition) is 2. The summed E-state index contributed by atoms with van der Waals surface area (Å²) in [5.41, 5.74) is 9.35. The van der Waals surface area contributed by atoms with Gasteiger partial charge in [-0.25, -0.2) is 0 Å². The van der Waals surface area contributed by atoms with Crippen LogP contribution in [-0.2, 0) is 4.79 Å². The Labute approximate surface area is 211 Å². The van der Waals surface area contributed by atoms with Crippen molar-refractivity contribution in [3.63, 3.8) is 0 Å². The molecule has 9 nitrogen and oxygen atoms in total. The van der Waals surface area contributed by atoms with Crippen LogP contribution < -0.4 is 30.0 Å². The third-order valence-electron chi connectivity index (χ3n) is 5.57. The van der Waals surface area contributed by atoms with E-state index in [1.54, 1.807) is 52.9 Å². The van der Waals surface area contributed by atoms with Gasteiger partial charge in [0.25, 0.3) is 0 Å². The second kappa shape index (κ2) is 12.3. The van der Waals surface area contributed by atoms with Gasteiger partial charge in [-0.05, 0) is 35.7 Å². The van der Waals surface area contributed by atoms with Crippen LogP contribution in [0.5, 0.6) is 23.0 Å². The van der Waals surface area contributed by atoms with Crippen molar-refractivity contribution in [1.29, 1.82) is 0 Å². The van der Waals surface area contributed by atoms with Crippen LogP contribution in [0.25, 0.3) is 22.4 Å². The average Bonchev–Trinajstić information content (AvgIpc) is 3.32. The number of carbonyl (C=O) groups is 1. The predicted octanol–water partition coefficient (Wildman–Crippen LogP) is 4.78. The Morgan fingerprint density at radius 2 is 1.60 bits per heavy atom. The first-order chi connectivity index (χ1) is 16.3. The molecule has 0 aliphatic carbocycles. The van der Waals surface area contributed by atoms with Gasteiger partial charge in [-0.2, -0.15) is 0 Å². The lowest BCUT2D eigenvalue weighted by Gasteiger charge is -2.17. The maximum absolute atomic E-state index is 12.6.